The number of fused-ring (bicyclic) bond motifs is 1. The molecule has 140 valence electrons. The minimum Gasteiger partial charge on any atom is -0.453 e. The molecule has 1 saturated carbocycles. The largest absolute Gasteiger partial charge is 0.453 e. The third kappa shape index (κ3) is 4.14. The summed E-state index contributed by atoms with van der Waals surface area (Å²) in [6.07, 6.45) is 3.80. The van der Waals surface area contributed by atoms with Crippen molar-refractivity contribution in [1.82, 2.24) is 24.9 Å². The van der Waals surface area contributed by atoms with Gasteiger partial charge in [-0.2, -0.15) is 4.98 Å². The first-order valence-corrected chi connectivity index (χ1v) is 9.88. The Morgan fingerprint density at radius 3 is 2.73 bits per heavy atom. The van der Waals surface area contributed by atoms with Crippen molar-refractivity contribution in [2.24, 2.45) is 0 Å². The summed E-state index contributed by atoms with van der Waals surface area (Å²) in [6.45, 7) is 5.43. The quantitative estimate of drug-likeness (QED) is 0.578. The van der Waals surface area contributed by atoms with Crippen LogP contribution < -0.4 is 5.32 Å². The summed E-state index contributed by atoms with van der Waals surface area (Å²) in [4.78, 5) is 32.8. The average molecular weight is 377 g/mol. The third-order valence-corrected chi connectivity index (χ3v) is 4.93. The molecule has 1 aliphatic rings. The number of amides is 1. The van der Waals surface area contributed by atoms with Crippen LogP contribution in [-0.4, -0.2) is 49.9 Å². The van der Waals surface area contributed by atoms with Crippen molar-refractivity contribution in [1.29, 1.82) is 0 Å². The Morgan fingerprint density at radius 2 is 2.08 bits per heavy atom. The number of hydrogen-bond acceptors (Lipinski definition) is 7. The molecule has 0 aromatic carbocycles. The van der Waals surface area contributed by atoms with E-state index in [0.29, 0.717) is 17.4 Å². The predicted molar refractivity (Wildman–Crippen MR) is 97.1 cm³/mol. The molecular weight excluding hydrogens is 354 g/mol. The van der Waals surface area contributed by atoms with Crippen molar-refractivity contribution >= 4 is 29.4 Å². The van der Waals surface area contributed by atoms with Gasteiger partial charge in [-0.15, -0.1) is 5.10 Å². The molecule has 1 amide bonds. The molecule has 3 rings (SSSR count). The molecule has 0 aliphatic heterocycles. The Hall–Kier alpha value is -2.16. The highest BCUT2D eigenvalue weighted by atomic mass is 32.2. The Balaban J connectivity index is 1.63. The molecule has 2 aromatic heterocycles. The SMILES string of the molecule is CSc1nc2nc(C)c(CCC(=O)O[C@@H](C)C(=O)NC3CC3)c(C)n2n1. The number of aromatic nitrogens is 4. The number of nitrogens with one attached hydrogen (secondary N) is 1. The number of carbonyl (C=O) groups is 2. The summed E-state index contributed by atoms with van der Waals surface area (Å²) in [5.74, 6) is -0.0738. The van der Waals surface area contributed by atoms with Gasteiger partial charge in [0.2, 0.25) is 5.16 Å². The first-order valence-electron chi connectivity index (χ1n) is 8.65. The summed E-state index contributed by atoms with van der Waals surface area (Å²) in [7, 11) is 0. The van der Waals surface area contributed by atoms with Crippen molar-refractivity contribution in [3.05, 3.63) is 17.0 Å². The lowest BCUT2D eigenvalue weighted by molar-refractivity contribution is -0.154. The van der Waals surface area contributed by atoms with E-state index >= 15 is 0 Å². The molecule has 0 unspecified atom stereocenters. The fraction of sp³-hybridized carbons (Fsp3) is 0.588. The number of carbonyl (C=O) groups excluding carboxylic acids is 2. The zero-order chi connectivity index (χ0) is 18.8. The number of nitrogens with zero attached hydrogens (tertiary/aromatic N) is 4. The summed E-state index contributed by atoms with van der Waals surface area (Å²) >= 11 is 1.46. The second-order valence-corrected chi connectivity index (χ2v) is 7.26. The van der Waals surface area contributed by atoms with Crippen LogP contribution in [-0.2, 0) is 20.7 Å². The molecule has 0 radical (unpaired) electrons. The fourth-order valence-corrected chi connectivity index (χ4v) is 3.06. The van der Waals surface area contributed by atoms with Crippen molar-refractivity contribution < 1.29 is 14.3 Å². The van der Waals surface area contributed by atoms with Crippen LogP contribution in [0.5, 0.6) is 0 Å². The molecule has 1 N–H and O–H groups in total. The number of aryl methyl sites for hydroxylation is 2. The van der Waals surface area contributed by atoms with Gasteiger partial charge in [0.1, 0.15) is 0 Å². The second-order valence-electron chi connectivity index (χ2n) is 6.49. The van der Waals surface area contributed by atoms with Crippen LogP contribution >= 0.6 is 11.8 Å². The molecule has 0 spiro atoms. The maximum Gasteiger partial charge on any atom is 0.306 e. The molecule has 1 atom stereocenters. The summed E-state index contributed by atoms with van der Waals surface area (Å²) < 4.78 is 6.94. The lowest BCUT2D eigenvalue weighted by atomic mass is 10.1. The number of hydrogen-bond donors (Lipinski definition) is 1. The van der Waals surface area contributed by atoms with E-state index in [1.54, 1.807) is 11.4 Å². The van der Waals surface area contributed by atoms with E-state index in [4.69, 9.17) is 4.74 Å². The highest BCUT2D eigenvalue weighted by Crippen LogP contribution is 2.20. The van der Waals surface area contributed by atoms with Gasteiger partial charge in [0.25, 0.3) is 11.7 Å². The van der Waals surface area contributed by atoms with Crippen LogP contribution in [0.25, 0.3) is 5.78 Å². The first kappa shape index (κ1) is 18.6. The molecule has 8 nitrogen and oxygen atoms in total. The maximum absolute atomic E-state index is 12.1. The van der Waals surface area contributed by atoms with Gasteiger partial charge in [0.15, 0.2) is 6.10 Å². The molecular formula is C17H23N5O3S. The molecule has 0 saturated heterocycles. The lowest BCUT2D eigenvalue weighted by Crippen LogP contribution is -2.37. The summed E-state index contributed by atoms with van der Waals surface area (Å²) in [6, 6.07) is 0.251. The van der Waals surface area contributed by atoms with Gasteiger partial charge in [0, 0.05) is 23.9 Å². The van der Waals surface area contributed by atoms with Crippen molar-refractivity contribution in [3.8, 4) is 0 Å². The van der Waals surface area contributed by atoms with Gasteiger partial charge in [0.05, 0.1) is 0 Å². The molecule has 0 bridgehead atoms. The third-order valence-electron chi connectivity index (χ3n) is 4.39. The van der Waals surface area contributed by atoms with E-state index in [-0.39, 0.29) is 18.4 Å². The van der Waals surface area contributed by atoms with Crippen molar-refractivity contribution in [2.45, 2.75) is 63.8 Å². The molecule has 2 heterocycles. The van der Waals surface area contributed by atoms with E-state index in [2.05, 4.69) is 20.4 Å². The fourth-order valence-electron chi connectivity index (χ4n) is 2.72. The highest BCUT2D eigenvalue weighted by molar-refractivity contribution is 7.98. The molecule has 2 aromatic rings. The Morgan fingerprint density at radius 1 is 1.35 bits per heavy atom. The van der Waals surface area contributed by atoms with Gasteiger partial charge in [-0.05, 0) is 51.9 Å². The number of thioether (sulfide) groups is 1. The van der Waals surface area contributed by atoms with Crippen LogP contribution in [0.3, 0.4) is 0 Å². The van der Waals surface area contributed by atoms with Crippen LogP contribution in [0.15, 0.2) is 5.16 Å². The normalized spacial score (nSPS) is 15.1. The molecule has 9 heteroatoms. The second kappa shape index (κ2) is 7.61. The van der Waals surface area contributed by atoms with Crippen molar-refractivity contribution in [2.75, 3.05) is 6.26 Å². The monoisotopic (exact) mass is 377 g/mol. The van der Waals surface area contributed by atoms with E-state index in [1.165, 1.54) is 11.8 Å². The van der Waals surface area contributed by atoms with Crippen LogP contribution in [0, 0.1) is 13.8 Å². The average Bonchev–Trinajstić information content (AvgIpc) is 3.30. The van der Waals surface area contributed by atoms with E-state index in [9.17, 15) is 9.59 Å². The molecule has 1 fully saturated rings. The number of ether oxygens (including phenoxy) is 1. The Kier molecular flexibility index (Phi) is 5.45. The minimum atomic E-state index is -0.773. The molecule has 1 aliphatic carbocycles. The number of rotatable bonds is 7. The van der Waals surface area contributed by atoms with Gasteiger partial charge >= 0.3 is 5.97 Å². The van der Waals surface area contributed by atoms with Gasteiger partial charge in [-0.25, -0.2) is 9.50 Å². The zero-order valence-corrected chi connectivity index (χ0v) is 16.2. The van der Waals surface area contributed by atoms with Gasteiger partial charge < -0.3 is 10.1 Å². The van der Waals surface area contributed by atoms with Crippen LogP contribution in [0.1, 0.15) is 43.1 Å². The topological polar surface area (TPSA) is 98.5 Å². The van der Waals surface area contributed by atoms with Crippen molar-refractivity contribution in [3.63, 3.8) is 0 Å². The first-order chi connectivity index (χ1) is 12.4. The van der Waals surface area contributed by atoms with E-state index < -0.39 is 12.1 Å². The Bertz CT molecular complexity index is 847. The minimum absolute atomic E-state index is 0.181. The summed E-state index contributed by atoms with van der Waals surface area (Å²) in [5.41, 5.74) is 2.68. The van der Waals surface area contributed by atoms with E-state index in [1.807, 2.05) is 20.1 Å². The van der Waals surface area contributed by atoms with E-state index in [0.717, 1.165) is 29.8 Å². The smallest absolute Gasteiger partial charge is 0.306 e. The molecule has 26 heavy (non-hydrogen) atoms. The maximum atomic E-state index is 12.1. The van der Waals surface area contributed by atoms with Gasteiger partial charge in [-0.3, -0.25) is 9.59 Å². The van der Waals surface area contributed by atoms with Crippen LogP contribution in [0.2, 0.25) is 0 Å². The lowest BCUT2D eigenvalue weighted by Gasteiger charge is -2.14. The zero-order valence-electron chi connectivity index (χ0n) is 15.4. The summed E-state index contributed by atoms with van der Waals surface area (Å²) in [5, 5.41) is 7.89. The predicted octanol–water partition coefficient (Wildman–Crippen LogP) is 1.61. The Labute approximate surface area is 156 Å². The van der Waals surface area contributed by atoms with Crippen LogP contribution in [0.4, 0.5) is 0 Å². The van der Waals surface area contributed by atoms with Gasteiger partial charge in [-0.1, -0.05) is 11.8 Å². The highest BCUT2D eigenvalue weighted by Gasteiger charge is 2.27. The standard InChI is InChI=1S/C17H23N5O3S/c1-9-13(10(2)22-16(18-9)20-17(21-22)26-4)7-8-14(23)25-11(3)15(24)19-12-5-6-12/h11-12H,5-8H2,1-4H3,(H,19,24)/t11-/m0/s1. The number of esters is 1.